The van der Waals surface area contributed by atoms with Gasteiger partial charge in [0.05, 0.1) is 11.4 Å². The first-order chi connectivity index (χ1) is 7.18. The lowest BCUT2D eigenvalue weighted by molar-refractivity contribution is 0.101. The van der Waals surface area contributed by atoms with Crippen molar-refractivity contribution in [1.29, 1.82) is 0 Å². The Bertz CT molecular complexity index is 488. The molecular formula is C11H11N3O. The van der Waals surface area contributed by atoms with Crippen molar-refractivity contribution in [1.82, 2.24) is 15.0 Å². The van der Waals surface area contributed by atoms with Crippen LogP contribution in [-0.4, -0.2) is 20.8 Å². The number of carbonyl (C=O) groups excluding carboxylic acids is 1. The van der Waals surface area contributed by atoms with Crippen LogP contribution in [0.25, 0.3) is 5.69 Å². The summed E-state index contributed by atoms with van der Waals surface area (Å²) in [6.07, 6.45) is 0. The van der Waals surface area contributed by atoms with Crippen molar-refractivity contribution in [3.8, 4) is 5.69 Å². The van der Waals surface area contributed by atoms with E-state index in [0.717, 1.165) is 5.69 Å². The summed E-state index contributed by atoms with van der Waals surface area (Å²) >= 11 is 0. The molecule has 0 atom stereocenters. The van der Waals surface area contributed by atoms with Crippen molar-refractivity contribution in [2.45, 2.75) is 13.8 Å². The third-order valence-corrected chi connectivity index (χ3v) is 2.10. The van der Waals surface area contributed by atoms with E-state index in [-0.39, 0.29) is 5.78 Å². The van der Waals surface area contributed by atoms with Crippen molar-refractivity contribution >= 4 is 5.78 Å². The van der Waals surface area contributed by atoms with Crippen LogP contribution in [0.5, 0.6) is 0 Å². The van der Waals surface area contributed by atoms with E-state index in [9.17, 15) is 4.79 Å². The molecule has 4 nitrogen and oxygen atoms in total. The van der Waals surface area contributed by atoms with Crippen LogP contribution in [0.15, 0.2) is 30.3 Å². The van der Waals surface area contributed by atoms with Crippen LogP contribution >= 0.6 is 0 Å². The molecule has 0 N–H and O–H groups in total. The Morgan fingerprint density at radius 2 is 1.87 bits per heavy atom. The number of Topliss-reactive ketones (excluding diaryl/α,β-unsaturated/α-hetero) is 1. The molecule has 0 aliphatic heterocycles. The van der Waals surface area contributed by atoms with Crippen molar-refractivity contribution in [2.75, 3.05) is 0 Å². The molecule has 0 radical (unpaired) electrons. The fraction of sp³-hybridized carbons (Fsp3) is 0.182. The standard InChI is InChI=1S/C11H11N3O/c1-8-11(9(2)15)13-14(12-8)10-6-4-3-5-7-10/h3-7H,1-2H3. The summed E-state index contributed by atoms with van der Waals surface area (Å²) in [5.41, 5.74) is 1.94. The molecule has 76 valence electrons. The molecule has 0 bridgehead atoms. The van der Waals surface area contributed by atoms with Crippen molar-refractivity contribution in [3.05, 3.63) is 41.7 Å². The van der Waals surface area contributed by atoms with E-state index in [1.54, 1.807) is 6.92 Å². The maximum absolute atomic E-state index is 11.2. The second kappa shape index (κ2) is 3.65. The first-order valence-corrected chi connectivity index (χ1v) is 4.69. The van der Waals surface area contributed by atoms with Crippen molar-refractivity contribution < 1.29 is 4.79 Å². The first-order valence-electron chi connectivity index (χ1n) is 4.69. The van der Waals surface area contributed by atoms with Gasteiger partial charge < -0.3 is 0 Å². The molecule has 0 saturated carbocycles. The Morgan fingerprint density at radius 3 is 2.40 bits per heavy atom. The zero-order chi connectivity index (χ0) is 10.8. The van der Waals surface area contributed by atoms with Crippen LogP contribution in [0, 0.1) is 6.92 Å². The molecule has 0 fully saturated rings. The van der Waals surface area contributed by atoms with Gasteiger partial charge in [0.25, 0.3) is 0 Å². The summed E-state index contributed by atoms with van der Waals surface area (Å²) in [7, 11) is 0. The van der Waals surface area contributed by atoms with Gasteiger partial charge >= 0.3 is 0 Å². The molecule has 0 unspecified atom stereocenters. The topological polar surface area (TPSA) is 47.8 Å². The largest absolute Gasteiger partial charge is 0.293 e. The van der Waals surface area contributed by atoms with Gasteiger partial charge in [-0.2, -0.15) is 9.90 Å². The van der Waals surface area contributed by atoms with Crippen LogP contribution in [-0.2, 0) is 0 Å². The van der Waals surface area contributed by atoms with Gasteiger partial charge in [-0.25, -0.2) is 0 Å². The van der Waals surface area contributed by atoms with E-state index < -0.39 is 0 Å². The Kier molecular flexibility index (Phi) is 2.33. The molecule has 2 rings (SSSR count). The van der Waals surface area contributed by atoms with E-state index in [4.69, 9.17) is 0 Å². The third-order valence-electron chi connectivity index (χ3n) is 2.10. The van der Waals surface area contributed by atoms with Crippen LogP contribution in [0.4, 0.5) is 0 Å². The quantitative estimate of drug-likeness (QED) is 0.696. The summed E-state index contributed by atoms with van der Waals surface area (Å²) < 4.78 is 0. The lowest BCUT2D eigenvalue weighted by Gasteiger charge is -1.96. The minimum Gasteiger partial charge on any atom is -0.293 e. The smallest absolute Gasteiger partial charge is 0.181 e. The maximum Gasteiger partial charge on any atom is 0.181 e. The molecule has 0 spiro atoms. The zero-order valence-electron chi connectivity index (χ0n) is 8.64. The van der Waals surface area contributed by atoms with Gasteiger partial charge in [-0.3, -0.25) is 4.79 Å². The highest BCUT2D eigenvalue weighted by atomic mass is 16.1. The lowest BCUT2D eigenvalue weighted by atomic mass is 10.3. The van der Waals surface area contributed by atoms with Gasteiger partial charge in [0.15, 0.2) is 11.5 Å². The number of benzene rings is 1. The SMILES string of the molecule is CC(=O)c1nn(-c2ccccc2)nc1C. The number of aromatic nitrogens is 3. The average molecular weight is 201 g/mol. The second-order valence-corrected chi connectivity index (χ2v) is 3.32. The number of hydrogen-bond donors (Lipinski definition) is 0. The van der Waals surface area contributed by atoms with Crippen LogP contribution < -0.4 is 0 Å². The van der Waals surface area contributed by atoms with Gasteiger partial charge in [-0.15, -0.1) is 5.10 Å². The third kappa shape index (κ3) is 1.79. The molecular weight excluding hydrogens is 190 g/mol. The van der Waals surface area contributed by atoms with Crippen LogP contribution in [0.1, 0.15) is 23.1 Å². The zero-order valence-corrected chi connectivity index (χ0v) is 8.64. The van der Waals surface area contributed by atoms with Crippen LogP contribution in [0.2, 0.25) is 0 Å². The summed E-state index contributed by atoms with van der Waals surface area (Å²) in [5.74, 6) is -0.0605. The highest BCUT2D eigenvalue weighted by Crippen LogP contribution is 2.08. The van der Waals surface area contributed by atoms with Gasteiger partial charge in [0.2, 0.25) is 0 Å². The molecule has 4 heteroatoms. The summed E-state index contributed by atoms with van der Waals surface area (Å²) in [6, 6.07) is 9.52. The van der Waals surface area contributed by atoms with Crippen molar-refractivity contribution in [2.24, 2.45) is 0 Å². The number of carbonyl (C=O) groups is 1. The number of hydrogen-bond acceptors (Lipinski definition) is 3. The van der Waals surface area contributed by atoms with E-state index in [1.807, 2.05) is 30.3 Å². The van der Waals surface area contributed by atoms with Gasteiger partial charge in [-0.1, -0.05) is 18.2 Å². The van der Waals surface area contributed by atoms with E-state index in [2.05, 4.69) is 10.2 Å². The van der Waals surface area contributed by atoms with E-state index in [0.29, 0.717) is 11.4 Å². The highest BCUT2D eigenvalue weighted by molar-refractivity contribution is 5.92. The Morgan fingerprint density at radius 1 is 1.20 bits per heavy atom. The fourth-order valence-electron chi connectivity index (χ4n) is 1.38. The number of nitrogens with zero attached hydrogens (tertiary/aromatic N) is 3. The monoisotopic (exact) mass is 201 g/mol. The molecule has 1 aromatic carbocycles. The molecule has 1 aromatic heterocycles. The molecule has 0 saturated heterocycles. The Labute approximate surface area is 87.5 Å². The highest BCUT2D eigenvalue weighted by Gasteiger charge is 2.11. The van der Waals surface area contributed by atoms with Gasteiger partial charge in [0.1, 0.15) is 0 Å². The number of aryl methyl sites for hydroxylation is 1. The average Bonchev–Trinajstić information content (AvgIpc) is 2.62. The minimum atomic E-state index is -0.0605. The Hall–Kier alpha value is -1.97. The lowest BCUT2D eigenvalue weighted by Crippen LogP contribution is -2.00. The Balaban J connectivity index is 2.48. The maximum atomic E-state index is 11.2. The second-order valence-electron chi connectivity index (χ2n) is 3.32. The predicted molar refractivity (Wildman–Crippen MR) is 56.1 cm³/mol. The van der Waals surface area contributed by atoms with Gasteiger partial charge in [-0.05, 0) is 19.1 Å². The van der Waals surface area contributed by atoms with E-state index >= 15 is 0 Å². The van der Waals surface area contributed by atoms with E-state index in [1.165, 1.54) is 11.7 Å². The fourth-order valence-corrected chi connectivity index (χ4v) is 1.38. The number of para-hydroxylation sites is 1. The van der Waals surface area contributed by atoms with Crippen LogP contribution in [0.3, 0.4) is 0 Å². The van der Waals surface area contributed by atoms with Crippen molar-refractivity contribution in [3.63, 3.8) is 0 Å². The number of rotatable bonds is 2. The summed E-state index contributed by atoms with van der Waals surface area (Å²) in [5, 5.41) is 8.32. The minimum absolute atomic E-state index is 0.0605. The first kappa shape index (κ1) is 9.58. The molecule has 0 amide bonds. The predicted octanol–water partition coefficient (Wildman–Crippen LogP) is 1.78. The molecule has 2 aromatic rings. The van der Waals surface area contributed by atoms with Gasteiger partial charge in [0, 0.05) is 6.92 Å². The molecule has 0 aliphatic rings. The summed E-state index contributed by atoms with van der Waals surface area (Å²) in [6.45, 7) is 3.27. The molecule has 1 heterocycles. The summed E-state index contributed by atoms with van der Waals surface area (Å²) in [4.78, 5) is 12.7. The molecule has 15 heavy (non-hydrogen) atoms. The normalized spacial score (nSPS) is 10.3. The number of ketones is 1. The molecule has 0 aliphatic carbocycles.